The number of carbonyl (C=O) groups is 2. The van der Waals surface area contributed by atoms with Gasteiger partial charge in [0.15, 0.2) is 0 Å². The Labute approximate surface area is 119 Å². The molecule has 6 heteroatoms. The summed E-state index contributed by atoms with van der Waals surface area (Å²) >= 11 is 0. The van der Waals surface area contributed by atoms with E-state index in [2.05, 4.69) is 22.5 Å². The van der Waals surface area contributed by atoms with Crippen molar-refractivity contribution in [2.75, 3.05) is 11.9 Å². The molecule has 2 amide bonds. The summed E-state index contributed by atoms with van der Waals surface area (Å²) in [6.07, 6.45) is 1.74. The minimum Gasteiger partial charge on any atom is -0.370 e. The summed E-state index contributed by atoms with van der Waals surface area (Å²) in [6, 6.07) is 2.71. The van der Waals surface area contributed by atoms with Crippen LogP contribution in [-0.2, 0) is 11.2 Å². The quantitative estimate of drug-likeness (QED) is 0.695. The van der Waals surface area contributed by atoms with Crippen LogP contribution in [0, 0.1) is 0 Å². The van der Waals surface area contributed by atoms with Gasteiger partial charge in [0.05, 0.1) is 0 Å². The van der Waals surface area contributed by atoms with E-state index in [1.807, 2.05) is 6.92 Å². The van der Waals surface area contributed by atoms with Crippen molar-refractivity contribution in [3.05, 3.63) is 23.4 Å². The lowest BCUT2D eigenvalue weighted by molar-refractivity contribution is -0.119. The van der Waals surface area contributed by atoms with Crippen molar-refractivity contribution in [1.29, 1.82) is 0 Å². The van der Waals surface area contributed by atoms with Gasteiger partial charge in [0.1, 0.15) is 11.9 Å². The van der Waals surface area contributed by atoms with Gasteiger partial charge in [-0.3, -0.25) is 9.59 Å². The molecule has 0 radical (unpaired) electrons. The summed E-state index contributed by atoms with van der Waals surface area (Å²) in [5, 5.41) is 5.66. The number of hydrogen-bond acceptors (Lipinski definition) is 4. The first-order valence-corrected chi connectivity index (χ1v) is 6.82. The Kier molecular flexibility index (Phi) is 5.96. The molecule has 1 heterocycles. The van der Waals surface area contributed by atoms with Gasteiger partial charge in [-0.25, -0.2) is 4.98 Å². The molecule has 20 heavy (non-hydrogen) atoms. The summed E-state index contributed by atoms with van der Waals surface area (Å²) < 4.78 is 0. The third kappa shape index (κ3) is 4.53. The van der Waals surface area contributed by atoms with Gasteiger partial charge in [0.25, 0.3) is 5.91 Å². The number of carbonyl (C=O) groups excluding carboxylic acids is 2. The molecule has 0 saturated carbocycles. The van der Waals surface area contributed by atoms with E-state index in [9.17, 15) is 9.59 Å². The van der Waals surface area contributed by atoms with Crippen LogP contribution < -0.4 is 16.4 Å². The molecule has 0 aliphatic carbocycles. The maximum Gasteiger partial charge on any atom is 0.252 e. The second kappa shape index (κ2) is 7.47. The van der Waals surface area contributed by atoms with Gasteiger partial charge in [-0.05, 0) is 32.4 Å². The van der Waals surface area contributed by atoms with E-state index in [1.165, 1.54) is 0 Å². The Morgan fingerprint density at radius 1 is 1.35 bits per heavy atom. The predicted molar refractivity (Wildman–Crippen MR) is 78.5 cm³/mol. The van der Waals surface area contributed by atoms with Crippen LogP contribution in [0.25, 0.3) is 0 Å². The smallest absolute Gasteiger partial charge is 0.252 e. The average molecular weight is 278 g/mol. The van der Waals surface area contributed by atoms with Crippen molar-refractivity contribution >= 4 is 17.6 Å². The monoisotopic (exact) mass is 278 g/mol. The molecule has 1 atom stereocenters. The van der Waals surface area contributed by atoms with Crippen molar-refractivity contribution in [1.82, 2.24) is 10.3 Å². The number of nitrogens with two attached hydrogens (primary N) is 1. The molecule has 0 saturated heterocycles. The van der Waals surface area contributed by atoms with E-state index in [-0.39, 0.29) is 5.91 Å². The number of primary amides is 1. The lowest BCUT2D eigenvalue weighted by Crippen LogP contribution is -2.42. The Balaban J connectivity index is 2.96. The third-order valence-electron chi connectivity index (χ3n) is 2.78. The van der Waals surface area contributed by atoms with E-state index in [4.69, 9.17) is 5.73 Å². The fourth-order valence-corrected chi connectivity index (χ4v) is 1.73. The molecule has 1 aromatic heterocycles. The molecule has 0 aliphatic heterocycles. The Morgan fingerprint density at radius 2 is 2.05 bits per heavy atom. The molecular formula is C14H22N4O2. The molecule has 6 nitrogen and oxygen atoms in total. The Morgan fingerprint density at radius 3 is 2.60 bits per heavy atom. The van der Waals surface area contributed by atoms with Crippen molar-refractivity contribution in [3.63, 3.8) is 0 Å². The third-order valence-corrected chi connectivity index (χ3v) is 2.78. The largest absolute Gasteiger partial charge is 0.370 e. The van der Waals surface area contributed by atoms with Crippen LogP contribution in [0.5, 0.6) is 0 Å². The Bertz CT molecular complexity index is 464. The molecule has 0 bridgehead atoms. The van der Waals surface area contributed by atoms with Crippen molar-refractivity contribution in [3.8, 4) is 0 Å². The summed E-state index contributed by atoms with van der Waals surface area (Å²) in [6.45, 7) is 6.29. The summed E-state index contributed by atoms with van der Waals surface area (Å²) in [7, 11) is 0. The first kappa shape index (κ1) is 15.9. The fraction of sp³-hybridized carbons (Fsp3) is 0.500. The molecule has 4 N–H and O–H groups in total. The van der Waals surface area contributed by atoms with Gasteiger partial charge < -0.3 is 16.4 Å². The van der Waals surface area contributed by atoms with Crippen molar-refractivity contribution in [2.45, 2.75) is 39.7 Å². The molecule has 1 rings (SSSR count). The minimum absolute atomic E-state index is 0.324. The number of nitrogens with one attached hydrogen (secondary N) is 2. The van der Waals surface area contributed by atoms with E-state index in [0.29, 0.717) is 11.4 Å². The summed E-state index contributed by atoms with van der Waals surface area (Å²) in [5.41, 5.74) is 6.47. The van der Waals surface area contributed by atoms with Crippen LogP contribution in [0.15, 0.2) is 12.1 Å². The van der Waals surface area contributed by atoms with Crippen LogP contribution in [-0.4, -0.2) is 29.4 Å². The van der Waals surface area contributed by atoms with Crippen LogP contribution >= 0.6 is 0 Å². The van der Waals surface area contributed by atoms with Gasteiger partial charge in [0.2, 0.25) is 5.91 Å². The van der Waals surface area contributed by atoms with Gasteiger partial charge in [0, 0.05) is 17.8 Å². The van der Waals surface area contributed by atoms with Crippen molar-refractivity contribution < 1.29 is 9.59 Å². The standard InChI is InChI=1S/C14H22N4O2/c1-4-6-11-7-10(8-12(18-11)16-5-2)14(20)17-9(3)13(15)19/h7-9H,4-6H2,1-3H3,(H2,15,19)(H,16,18)(H,17,20). The zero-order valence-corrected chi connectivity index (χ0v) is 12.2. The van der Waals surface area contributed by atoms with Crippen LogP contribution in [0.1, 0.15) is 43.2 Å². The molecule has 0 aliphatic rings. The first-order valence-electron chi connectivity index (χ1n) is 6.82. The van der Waals surface area contributed by atoms with Gasteiger partial charge in [-0.1, -0.05) is 13.3 Å². The molecule has 0 aromatic carbocycles. The Hall–Kier alpha value is -2.11. The highest BCUT2D eigenvalue weighted by molar-refractivity contribution is 5.97. The second-order valence-electron chi connectivity index (χ2n) is 4.61. The van der Waals surface area contributed by atoms with Crippen molar-refractivity contribution in [2.24, 2.45) is 5.73 Å². The zero-order chi connectivity index (χ0) is 15.1. The lowest BCUT2D eigenvalue weighted by Gasteiger charge is -2.12. The fourth-order valence-electron chi connectivity index (χ4n) is 1.73. The van der Waals surface area contributed by atoms with E-state index in [0.717, 1.165) is 25.1 Å². The van der Waals surface area contributed by atoms with Gasteiger partial charge in [-0.2, -0.15) is 0 Å². The number of nitrogens with zero attached hydrogens (tertiary/aromatic N) is 1. The van der Waals surface area contributed by atoms with Gasteiger partial charge in [-0.15, -0.1) is 0 Å². The van der Waals surface area contributed by atoms with Crippen LogP contribution in [0.2, 0.25) is 0 Å². The number of rotatable bonds is 7. The number of hydrogen-bond donors (Lipinski definition) is 3. The van der Waals surface area contributed by atoms with Crippen LogP contribution in [0.3, 0.4) is 0 Å². The predicted octanol–water partition coefficient (Wildman–Crippen LogP) is 1.07. The lowest BCUT2D eigenvalue weighted by atomic mass is 10.1. The minimum atomic E-state index is -0.701. The van der Waals surface area contributed by atoms with E-state index < -0.39 is 11.9 Å². The van der Waals surface area contributed by atoms with E-state index in [1.54, 1.807) is 19.1 Å². The maximum atomic E-state index is 12.1. The molecule has 1 unspecified atom stereocenters. The van der Waals surface area contributed by atoms with E-state index >= 15 is 0 Å². The second-order valence-corrected chi connectivity index (χ2v) is 4.61. The first-order chi connectivity index (χ1) is 9.47. The number of anilines is 1. The molecule has 1 aromatic rings. The highest BCUT2D eigenvalue weighted by Crippen LogP contribution is 2.12. The summed E-state index contributed by atoms with van der Waals surface area (Å²) in [5.74, 6) is -0.223. The van der Waals surface area contributed by atoms with Gasteiger partial charge >= 0.3 is 0 Å². The normalized spacial score (nSPS) is 11.8. The SMILES string of the molecule is CCCc1cc(C(=O)NC(C)C(N)=O)cc(NCC)n1. The number of aromatic nitrogens is 1. The molecule has 110 valence electrons. The molecular weight excluding hydrogens is 256 g/mol. The molecule has 0 fully saturated rings. The average Bonchev–Trinajstić information content (AvgIpc) is 2.39. The number of aryl methyl sites for hydroxylation is 1. The zero-order valence-electron chi connectivity index (χ0n) is 12.2. The molecule has 0 spiro atoms. The highest BCUT2D eigenvalue weighted by Gasteiger charge is 2.15. The summed E-state index contributed by atoms with van der Waals surface area (Å²) in [4.78, 5) is 27.5. The maximum absolute atomic E-state index is 12.1. The van der Waals surface area contributed by atoms with Crippen LogP contribution in [0.4, 0.5) is 5.82 Å². The highest BCUT2D eigenvalue weighted by atomic mass is 16.2. The number of amides is 2. The number of pyridine rings is 1. The topological polar surface area (TPSA) is 97.1 Å².